The first kappa shape index (κ1) is 23.8. The van der Waals surface area contributed by atoms with Gasteiger partial charge in [-0.2, -0.15) is 0 Å². The number of sulfonamides is 1. The predicted molar refractivity (Wildman–Crippen MR) is 132 cm³/mol. The van der Waals surface area contributed by atoms with E-state index in [0.717, 1.165) is 16.7 Å². The second-order valence-corrected chi connectivity index (χ2v) is 10.9. The minimum absolute atomic E-state index is 0.200. The molecule has 0 saturated heterocycles. The van der Waals surface area contributed by atoms with Crippen LogP contribution < -0.4 is 9.62 Å². The molecule has 1 N–H and O–H groups in total. The minimum Gasteiger partial charge on any atom is -0.322 e. The third-order valence-corrected chi connectivity index (χ3v) is 7.69. The Morgan fingerprint density at radius 2 is 1.66 bits per heavy atom. The van der Waals surface area contributed by atoms with E-state index in [1.54, 1.807) is 50.2 Å². The first-order valence-corrected chi connectivity index (χ1v) is 12.2. The van der Waals surface area contributed by atoms with Crippen molar-refractivity contribution in [1.82, 2.24) is 0 Å². The van der Waals surface area contributed by atoms with Crippen molar-refractivity contribution in [3.63, 3.8) is 0 Å². The SMILES string of the molecule is Cc1ccc(N(Cc2ccc(NC(=O)c3cccc(Cl)c3)cc2)S(=O)(=O)C(C)C)cc1C. The molecule has 5 nitrogen and oxygen atoms in total. The number of benzene rings is 3. The van der Waals surface area contributed by atoms with Crippen molar-refractivity contribution < 1.29 is 13.2 Å². The summed E-state index contributed by atoms with van der Waals surface area (Å²) in [4.78, 5) is 12.4. The molecule has 0 saturated carbocycles. The summed E-state index contributed by atoms with van der Waals surface area (Å²) in [6.45, 7) is 7.52. The maximum absolute atomic E-state index is 13.1. The summed E-state index contributed by atoms with van der Waals surface area (Å²) in [5.74, 6) is -0.264. The highest BCUT2D eigenvalue weighted by atomic mass is 35.5. The summed E-state index contributed by atoms with van der Waals surface area (Å²) in [6.07, 6.45) is 0. The van der Waals surface area contributed by atoms with E-state index in [9.17, 15) is 13.2 Å². The number of carbonyl (C=O) groups excluding carboxylic acids is 1. The van der Waals surface area contributed by atoms with Crippen LogP contribution in [0, 0.1) is 13.8 Å². The maximum Gasteiger partial charge on any atom is 0.255 e. The summed E-state index contributed by atoms with van der Waals surface area (Å²) in [5.41, 5.74) is 4.67. The fraction of sp³-hybridized carbons (Fsp3) is 0.240. The fourth-order valence-electron chi connectivity index (χ4n) is 3.16. The van der Waals surface area contributed by atoms with Gasteiger partial charge in [-0.05, 0) is 86.8 Å². The first-order valence-electron chi connectivity index (χ1n) is 10.3. The van der Waals surface area contributed by atoms with Crippen molar-refractivity contribution >= 4 is 38.9 Å². The lowest BCUT2D eigenvalue weighted by molar-refractivity contribution is 0.102. The smallest absolute Gasteiger partial charge is 0.255 e. The fourth-order valence-corrected chi connectivity index (χ4v) is 4.59. The molecular weight excluding hydrogens is 444 g/mol. The molecule has 3 rings (SSSR count). The summed E-state index contributed by atoms with van der Waals surface area (Å²) < 4.78 is 27.6. The Labute approximate surface area is 195 Å². The first-order chi connectivity index (χ1) is 15.1. The number of anilines is 2. The van der Waals surface area contributed by atoms with Crippen molar-refractivity contribution in [1.29, 1.82) is 0 Å². The van der Waals surface area contributed by atoms with Crippen LogP contribution in [0.2, 0.25) is 5.02 Å². The lowest BCUT2D eigenvalue weighted by Gasteiger charge is -2.27. The third kappa shape index (κ3) is 5.50. The summed E-state index contributed by atoms with van der Waals surface area (Å²) in [6, 6.07) is 19.5. The highest BCUT2D eigenvalue weighted by Gasteiger charge is 2.26. The van der Waals surface area contributed by atoms with Gasteiger partial charge in [-0.25, -0.2) is 8.42 Å². The van der Waals surface area contributed by atoms with Gasteiger partial charge >= 0.3 is 0 Å². The number of hydrogen-bond acceptors (Lipinski definition) is 3. The Morgan fingerprint density at radius 1 is 0.969 bits per heavy atom. The molecule has 0 aromatic heterocycles. The molecule has 0 spiro atoms. The van der Waals surface area contributed by atoms with Gasteiger partial charge in [-0.1, -0.05) is 35.9 Å². The van der Waals surface area contributed by atoms with Crippen LogP contribution in [0.4, 0.5) is 11.4 Å². The van der Waals surface area contributed by atoms with Gasteiger partial charge in [-0.15, -0.1) is 0 Å². The number of halogens is 1. The van der Waals surface area contributed by atoms with Crippen molar-refractivity contribution in [2.75, 3.05) is 9.62 Å². The van der Waals surface area contributed by atoms with Crippen LogP contribution in [-0.4, -0.2) is 19.6 Å². The molecule has 7 heteroatoms. The standard InChI is InChI=1S/C25H27ClN2O3S/c1-17(2)32(30,31)28(24-13-8-18(3)19(4)14-24)16-20-9-11-23(12-10-20)27-25(29)21-6-5-7-22(26)15-21/h5-15,17H,16H2,1-4H3,(H,27,29). The highest BCUT2D eigenvalue weighted by molar-refractivity contribution is 7.93. The lowest BCUT2D eigenvalue weighted by atomic mass is 10.1. The molecular formula is C25H27ClN2O3S. The molecule has 1 amide bonds. The quantitative estimate of drug-likeness (QED) is 0.463. The summed E-state index contributed by atoms with van der Waals surface area (Å²) in [7, 11) is -3.54. The summed E-state index contributed by atoms with van der Waals surface area (Å²) >= 11 is 5.96. The maximum atomic E-state index is 13.1. The Kier molecular flexibility index (Phi) is 7.26. The number of amides is 1. The number of hydrogen-bond donors (Lipinski definition) is 1. The number of carbonyl (C=O) groups is 1. The van der Waals surface area contributed by atoms with Gasteiger partial charge in [-0.3, -0.25) is 9.10 Å². The van der Waals surface area contributed by atoms with E-state index >= 15 is 0 Å². The van der Waals surface area contributed by atoms with Gasteiger partial charge in [0.25, 0.3) is 5.91 Å². The van der Waals surface area contributed by atoms with E-state index in [1.165, 1.54) is 4.31 Å². The molecule has 0 fully saturated rings. The van der Waals surface area contributed by atoms with Crippen LogP contribution in [0.5, 0.6) is 0 Å². The monoisotopic (exact) mass is 470 g/mol. The van der Waals surface area contributed by atoms with Crippen molar-refractivity contribution in [3.05, 3.63) is 94.0 Å². The van der Waals surface area contributed by atoms with Crippen LogP contribution in [0.15, 0.2) is 66.7 Å². The molecule has 0 aliphatic carbocycles. The normalized spacial score (nSPS) is 11.4. The van der Waals surface area contributed by atoms with Crippen molar-refractivity contribution in [2.24, 2.45) is 0 Å². The lowest BCUT2D eigenvalue weighted by Crippen LogP contribution is -2.36. The van der Waals surface area contributed by atoms with E-state index < -0.39 is 15.3 Å². The van der Waals surface area contributed by atoms with E-state index in [1.807, 2.05) is 44.2 Å². The Hall–Kier alpha value is -2.83. The van der Waals surface area contributed by atoms with Crippen LogP contribution in [0.25, 0.3) is 0 Å². The predicted octanol–water partition coefficient (Wildman–Crippen LogP) is 5.95. The molecule has 0 bridgehead atoms. The van der Waals surface area contributed by atoms with Gasteiger partial charge in [0.05, 0.1) is 17.5 Å². The largest absolute Gasteiger partial charge is 0.322 e. The van der Waals surface area contributed by atoms with Crippen LogP contribution >= 0.6 is 11.6 Å². The van der Waals surface area contributed by atoms with Crippen molar-refractivity contribution in [2.45, 2.75) is 39.5 Å². The molecule has 0 aliphatic rings. The zero-order valence-corrected chi connectivity index (χ0v) is 20.2. The van der Waals surface area contributed by atoms with Crippen molar-refractivity contribution in [3.8, 4) is 0 Å². The third-order valence-electron chi connectivity index (χ3n) is 5.31. The highest BCUT2D eigenvalue weighted by Crippen LogP contribution is 2.26. The van der Waals surface area contributed by atoms with E-state index in [0.29, 0.717) is 22.0 Å². The molecule has 3 aromatic rings. The average Bonchev–Trinajstić information content (AvgIpc) is 2.75. The Balaban J connectivity index is 1.82. The topological polar surface area (TPSA) is 66.5 Å². The van der Waals surface area contributed by atoms with E-state index in [4.69, 9.17) is 11.6 Å². The number of aryl methyl sites for hydroxylation is 2. The van der Waals surface area contributed by atoms with Gasteiger partial charge in [0.2, 0.25) is 10.0 Å². The molecule has 0 heterocycles. The summed E-state index contributed by atoms with van der Waals surface area (Å²) in [5, 5.41) is 2.77. The van der Waals surface area contributed by atoms with Crippen LogP contribution in [0.1, 0.15) is 40.9 Å². The minimum atomic E-state index is -3.54. The molecule has 0 unspecified atom stereocenters. The molecule has 168 valence electrons. The second kappa shape index (κ2) is 9.76. The van der Waals surface area contributed by atoms with Crippen LogP contribution in [0.3, 0.4) is 0 Å². The number of nitrogens with zero attached hydrogens (tertiary/aromatic N) is 1. The molecule has 3 aromatic carbocycles. The zero-order chi connectivity index (χ0) is 23.5. The van der Waals surface area contributed by atoms with Crippen LogP contribution in [-0.2, 0) is 16.6 Å². The van der Waals surface area contributed by atoms with Gasteiger partial charge in [0, 0.05) is 16.3 Å². The molecule has 0 radical (unpaired) electrons. The second-order valence-electron chi connectivity index (χ2n) is 8.03. The Morgan fingerprint density at radius 3 is 2.25 bits per heavy atom. The van der Waals surface area contributed by atoms with Gasteiger partial charge in [0.15, 0.2) is 0 Å². The van der Waals surface area contributed by atoms with E-state index in [-0.39, 0.29) is 12.5 Å². The Bertz CT molecular complexity index is 1220. The van der Waals surface area contributed by atoms with Gasteiger partial charge in [0.1, 0.15) is 0 Å². The molecule has 0 aliphatic heterocycles. The molecule has 0 atom stereocenters. The zero-order valence-electron chi connectivity index (χ0n) is 18.6. The average molecular weight is 471 g/mol. The van der Waals surface area contributed by atoms with Gasteiger partial charge < -0.3 is 5.32 Å². The van der Waals surface area contributed by atoms with E-state index in [2.05, 4.69) is 5.32 Å². The molecule has 32 heavy (non-hydrogen) atoms. The number of nitrogens with one attached hydrogen (secondary N) is 1. The number of rotatable bonds is 7.